The second-order valence-electron chi connectivity index (χ2n) is 3.40. The Hall–Kier alpha value is -0.810. The number of ether oxygens (including phenoxy) is 1. The predicted molar refractivity (Wildman–Crippen MR) is 72.4 cm³/mol. The van der Waals surface area contributed by atoms with E-state index in [-0.39, 0.29) is 22.8 Å². The van der Waals surface area contributed by atoms with Crippen LogP contribution >= 0.6 is 27.7 Å². The largest absolute Gasteiger partial charge is 0.468 e. The van der Waals surface area contributed by atoms with E-state index in [0.29, 0.717) is 5.56 Å². The van der Waals surface area contributed by atoms with Crippen LogP contribution in [0.15, 0.2) is 28.7 Å². The monoisotopic (exact) mass is 316 g/mol. The zero-order chi connectivity index (χ0) is 12.8. The van der Waals surface area contributed by atoms with E-state index in [1.807, 2.05) is 12.1 Å². The molecule has 1 rings (SSSR count). The molecule has 0 aliphatic rings. The average molecular weight is 317 g/mol. The van der Waals surface area contributed by atoms with Gasteiger partial charge in [-0.05, 0) is 19.1 Å². The summed E-state index contributed by atoms with van der Waals surface area (Å²) in [6, 6.07) is 7.18. The summed E-state index contributed by atoms with van der Waals surface area (Å²) in [5.74, 6) is -0.100. The Morgan fingerprint density at radius 3 is 2.47 bits per heavy atom. The zero-order valence-corrected chi connectivity index (χ0v) is 12.0. The van der Waals surface area contributed by atoms with Gasteiger partial charge in [0.05, 0.1) is 18.1 Å². The van der Waals surface area contributed by atoms with E-state index in [1.54, 1.807) is 19.1 Å². The van der Waals surface area contributed by atoms with Crippen molar-refractivity contribution in [3.05, 3.63) is 34.3 Å². The van der Waals surface area contributed by atoms with E-state index >= 15 is 0 Å². The number of benzene rings is 1. The molecule has 0 aromatic heterocycles. The molecule has 0 saturated carbocycles. The predicted octanol–water partition coefficient (Wildman–Crippen LogP) is 2.93. The fraction of sp³-hybridized carbons (Fsp3) is 0.333. The van der Waals surface area contributed by atoms with Crippen molar-refractivity contribution in [2.24, 2.45) is 0 Å². The lowest BCUT2D eigenvalue weighted by Gasteiger charge is -2.09. The molecule has 1 aromatic rings. The van der Waals surface area contributed by atoms with Crippen LogP contribution < -0.4 is 0 Å². The lowest BCUT2D eigenvalue weighted by molar-refractivity contribution is -0.137. The molecule has 0 heterocycles. The number of hydrogen-bond donors (Lipinski definition) is 0. The number of ketones is 1. The highest BCUT2D eigenvalue weighted by atomic mass is 79.9. The van der Waals surface area contributed by atoms with Crippen molar-refractivity contribution in [3.8, 4) is 0 Å². The van der Waals surface area contributed by atoms with Crippen LogP contribution in [0, 0.1) is 0 Å². The number of methoxy groups -OCH3 is 1. The van der Waals surface area contributed by atoms with Crippen molar-refractivity contribution in [3.63, 3.8) is 0 Å². The summed E-state index contributed by atoms with van der Waals surface area (Å²) >= 11 is 4.59. The quantitative estimate of drug-likeness (QED) is 0.619. The average Bonchev–Trinajstić information content (AvgIpc) is 2.35. The van der Waals surface area contributed by atoms with Gasteiger partial charge in [0.25, 0.3) is 0 Å². The number of carbonyl (C=O) groups is 2. The van der Waals surface area contributed by atoms with Crippen LogP contribution in [0.3, 0.4) is 0 Å². The molecular weight excluding hydrogens is 304 g/mol. The van der Waals surface area contributed by atoms with Crippen LogP contribution in [0.4, 0.5) is 0 Å². The molecule has 0 radical (unpaired) electrons. The Balaban J connectivity index is 2.57. The molecule has 0 aliphatic heterocycles. The first kappa shape index (κ1) is 14.3. The number of hydrogen-bond acceptors (Lipinski definition) is 4. The molecule has 0 amide bonds. The number of Topliss-reactive ketones (excluding diaryl/α,β-unsaturated/α-hetero) is 1. The van der Waals surface area contributed by atoms with Crippen molar-refractivity contribution in [2.45, 2.75) is 12.2 Å². The van der Waals surface area contributed by atoms with E-state index in [0.717, 1.165) is 4.47 Å². The van der Waals surface area contributed by atoms with E-state index in [4.69, 9.17) is 0 Å². The topological polar surface area (TPSA) is 43.4 Å². The lowest BCUT2D eigenvalue weighted by Crippen LogP contribution is -2.16. The third-order valence-electron chi connectivity index (χ3n) is 2.18. The summed E-state index contributed by atoms with van der Waals surface area (Å²) in [5.41, 5.74) is 0.651. The van der Waals surface area contributed by atoms with Gasteiger partial charge in [0.2, 0.25) is 0 Å². The minimum atomic E-state index is -0.314. The molecule has 5 heteroatoms. The van der Waals surface area contributed by atoms with Crippen LogP contribution in [0.2, 0.25) is 0 Å². The summed E-state index contributed by atoms with van der Waals surface area (Å²) in [7, 11) is 1.34. The van der Waals surface area contributed by atoms with Gasteiger partial charge in [-0.25, -0.2) is 0 Å². The molecule has 17 heavy (non-hydrogen) atoms. The number of carbonyl (C=O) groups excluding carboxylic acids is 2. The Morgan fingerprint density at radius 1 is 1.35 bits per heavy atom. The Morgan fingerprint density at radius 2 is 1.94 bits per heavy atom. The Kier molecular flexibility index (Phi) is 5.71. The number of rotatable bonds is 5. The van der Waals surface area contributed by atoms with E-state index in [2.05, 4.69) is 20.7 Å². The number of halogens is 1. The first-order valence-electron chi connectivity index (χ1n) is 5.02. The first-order valence-corrected chi connectivity index (χ1v) is 6.87. The minimum Gasteiger partial charge on any atom is -0.468 e. The highest BCUT2D eigenvalue weighted by Gasteiger charge is 2.16. The third kappa shape index (κ3) is 4.52. The smallest absolute Gasteiger partial charge is 0.315 e. The SMILES string of the molecule is COC(=O)CSC(C)C(=O)c1ccc(Br)cc1. The van der Waals surface area contributed by atoms with E-state index in [1.165, 1.54) is 18.9 Å². The fourth-order valence-electron chi connectivity index (χ4n) is 1.18. The second kappa shape index (κ2) is 6.81. The molecule has 0 bridgehead atoms. The number of thioether (sulfide) groups is 1. The van der Waals surface area contributed by atoms with Gasteiger partial charge in [-0.1, -0.05) is 28.1 Å². The molecule has 0 fully saturated rings. The van der Waals surface area contributed by atoms with Crippen molar-refractivity contribution >= 4 is 39.4 Å². The summed E-state index contributed by atoms with van der Waals surface area (Å²) in [6.07, 6.45) is 0. The minimum absolute atomic E-state index is 0.0198. The normalized spacial score (nSPS) is 11.9. The molecule has 1 aromatic carbocycles. The molecule has 3 nitrogen and oxygen atoms in total. The van der Waals surface area contributed by atoms with Crippen molar-refractivity contribution in [1.29, 1.82) is 0 Å². The number of esters is 1. The van der Waals surface area contributed by atoms with E-state index < -0.39 is 0 Å². The summed E-state index contributed by atoms with van der Waals surface area (Å²) in [4.78, 5) is 22.9. The standard InChI is InChI=1S/C12H13BrO3S/c1-8(17-7-11(14)16-2)12(15)9-3-5-10(13)6-4-9/h3-6,8H,7H2,1-2H3. The molecular formula is C12H13BrO3S. The summed E-state index contributed by atoms with van der Waals surface area (Å²) < 4.78 is 5.46. The van der Waals surface area contributed by atoms with Gasteiger partial charge in [-0.15, -0.1) is 11.8 Å². The van der Waals surface area contributed by atoms with Crippen molar-refractivity contribution < 1.29 is 14.3 Å². The van der Waals surface area contributed by atoms with Gasteiger partial charge in [0.1, 0.15) is 0 Å². The molecule has 0 spiro atoms. The van der Waals surface area contributed by atoms with Crippen LogP contribution in [0.25, 0.3) is 0 Å². The third-order valence-corrected chi connectivity index (χ3v) is 3.82. The van der Waals surface area contributed by atoms with Gasteiger partial charge < -0.3 is 4.74 Å². The highest BCUT2D eigenvalue weighted by Crippen LogP contribution is 2.18. The van der Waals surface area contributed by atoms with Crippen LogP contribution in [-0.2, 0) is 9.53 Å². The lowest BCUT2D eigenvalue weighted by atomic mass is 10.1. The summed E-state index contributed by atoms with van der Waals surface area (Å²) in [5, 5.41) is -0.254. The fourth-order valence-corrected chi connectivity index (χ4v) is 2.23. The zero-order valence-electron chi connectivity index (χ0n) is 9.60. The van der Waals surface area contributed by atoms with Crippen LogP contribution in [0.1, 0.15) is 17.3 Å². The molecule has 0 N–H and O–H groups in total. The maximum atomic E-state index is 12.0. The van der Waals surface area contributed by atoms with Gasteiger partial charge in [-0.3, -0.25) is 9.59 Å². The van der Waals surface area contributed by atoms with Gasteiger partial charge >= 0.3 is 5.97 Å². The Labute approximate surface area is 113 Å². The van der Waals surface area contributed by atoms with Crippen LogP contribution in [-0.4, -0.2) is 29.9 Å². The van der Waals surface area contributed by atoms with Crippen molar-refractivity contribution in [2.75, 3.05) is 12.9 Å². The van der Waals surface area contributed by atoms with Crippen LogP contribution in [0.5, 0.6) is 0 Å². The molecule has 1 unspecified atom stereocenters. The van der Waals surface area contributed by atoms with E-state index in [9.17, 15) is 9.59 Å². The molecule has 0 aliphatic carbocycles. The summed E-state index contributed by atoms with van der Waals surface area (Å²) in [6.45, 7) is 1.79. The molecule has 0 saturated heterocycles. The molecule has 1 atom stereocenters. The molecule has 92 valence electrons. The van der Waals surface area contributed by atoms with Gasteiger partial charge in [-0.2, -0.15) is 0 Å². The Bertz CT molecular complexity index is 403. The maximum Gasteiger partial charge on any atom is 0.315 e. The first-order chi connectivity index (χ1) is 8.04. The maximum absolute atomic E-state index is 12.0. The highest BCUT2D eigenvalue weighted by molar-refractivity contribution is 9.10. The second-order valence-corrected chi connectivity index (χ2v) is 5.65. The van der Waals surface area contributed by atoms with Gasteiger partial charge in [0, 0.05) is 10.0 Å². The van der Waals surface area contributed by atoms with Crippen molar-refractivity contribution in [1.82, 2.24) is 0 Å². The van der Waals surface area contributed by atoms with Gasteiger partial charge in [0.15, 0.2) is 5.78 Å².